The highest BCUT2D eigenvalue weighted by molar-refractivity contribution is 6.14. The zero-order valence-corrected chi connectivity index (χ0v) is 20.3. The van der Waals surface area contributed by atoms with Crippen LogP contribution in [0.1, 0.15) is 53.5 Å². The van der Waals surface area contributed by atoms with Gasteiger partial charge in [0, 0.05) is 0 Å². The van der Waals surface area contributed by atoms with Gasteiger partial charge in [0.25, 0.3) is 5.91 Å². The van der Waals surface area contributed by atoms with Crippen LogP contribution in [0, 0.1) is 0 Å². The van der Waals surface area contributed by atoms with E-state index in [1.165, 1.54) is 10.5 Å². The molecule has 0 aromatic heterocycles. The molecule has 2 atom stereocenters. The smallest absolute Gasteiger partial charge is 0.270 e. The van der Waals surface area contributed by atoms with E-state index in [9.17, 15) is 14.4 Å². The van der Waals surface area contributed by atoms with Crippen molar-refractivity contribution in [1.29, 1.82) is 0 Å². The number of carbonyl (C=O) groups is 3. The first kappa shape index (κ1) is 21.9. The highest BCUT2D eigenvalue weighted by Gasteiger charge is 2.60. The van der Waals surface area contributed by atoms with E-state index in [0.29, 0.717) is 17.8 Å². The molecule has 3 heterocycles. The van der Waals surface area contributed by atoms with E-state index in [-0.39, 0.29) is 29.9 Å². The van der Waals surface area contributed by atoms with Gasteiger partial charge in [-0.1, -0.05) is 84.9 Å². The number of hydrogen-bond donors (Lipinski definition) is 0. The van der Waals surface area contributed by atoms with Crippen molar-refractivity contribution in [2.24, 2.45) is 0 Å². The molecule has 2 bridgehead atoms. The van der Waals surface area contributed by atoms with Crippen LogP contribution >= 0.6 is 0 Å². The Morgan fingerprint density at radius 2 is 1.49 bits per heavy atom. The fraction of sp³-hybridized carbons (Fsp3) is 0.226. The van der Waals surface area contributed by atoms with E-state index >= 15 is 0 Å². The van der Waals surface area contributed by atoms with Gasteiger partial charge in [0.15, 0.2) is 11.9 Å². The second kappa shape index (κ2) is 8.37. The number of fused-ring (bicyclic) bond motifs is 5. The number of rotatable bonds is 4. The summed E-state index contributed by atoms with van der Waals surface area (Å²) in [5, 5.41) is 0. The highest BCUT2D eigenvalue weighted by Crippen LogP contribution is 2.45. The average molecular weight is 489 g/mol. The van der Waals surface area contributed by atoms with Crippen molar-refractivity contribution in [3.63, 3.8) is 0 Å². The minimum Gasteiger partial charge on any atom is -0.270 e. The van der Waals surface area contributed by atoms with Gasteiger partial charge in [-0.05, 0) is 41.5 Å². The molecule has 3 aromatic rings. The molecule has 1 aliphatic carbocycles. The van der Waals surface area contributed by atoms with Crippen LogP contribution in [0.3, 0.4) is 0 Å². The third-order valence-corrected chi connectivity index (χ3v) is 8.09. The summed E-state index contributed by atoms with van der Waals surface area (Å²) < 4.78 is 1.64. The molecule has 4 amide bonds. The topological polar surface area (TPSA) is 60.7 Å². The number of imide groups is 1. The van der Waals surface area contributed by atoms with Gasteiger partial charge in [-0.2, -0.15) is 0 Å². The highest BCUT2D eigenvalue weighted by atomic mass is 16.2. The van der Waals surface area contributed by atoms with E-state index in [2.05, 4.69) is 6.07 Å². The van der Waals surface area contributed by atoms with Crippen molar-refractivity contribution in [2.75, 3.05) is 0 Å². The van der Waals surface area contributed by atoms with Crippen molar-refractivity contribution < 1.29 is 19.0 Å². The number of nitrogens with zero attached hydrogens (tertiary/aromatic N) is 3. The van der Waals surface area contributed by atoms with Crippen LogP contribution in [-0.4, -0.2) is 44.5 Å². The van der Waals surface area contributed by atoms with Crippen LogP contribution in [0.2, 0.25) is 0 Å². The Hall–Kier alpha value is -4.32. The predicted molar refractivity (Wildman–Crippen MR) is 138 cm³/mol. The summed E-state index contributed by atoms with van der Waals surface area (Å²) in [5.74, 6) is -0.900. The van der Waals surface area contributed by atoms with Crippen molar-refractivity contribution in [1.82, 2.24) is 9.80 Å². The van der Waals surface area contributed by atoms with E-state index in [1.54, 1.807) is 9.48 Å². The van der Waals surface area contributed by atoms with Crippen LogP contribution in [0.25, 0.3) is 0 Å². The summed E-state index contributed by atoms with van der Waals surface area (Å²) in [4.78, 5) is 44.6. The fourth-order valence-corrected chi connectivity index (χ4v) is 6.45. The van der Waals surface area contributed by atoms with Crippen LogP contribution in [0.5, 0.6) is 0 Å². The Morgan fingerprint density at radius 1 is 0.838 bits per heavy atom. The first-order chi connectivity index (χ1) is 18.1. The fourth-order valence-electron chi connectivity index (χ4n) is 6.45. The van der Waals surface area contributed by atoms with Crippen molar-refractivity contribution in [3.8, 4) is 0 Å². The predicted octanol–water partition coefficient (Wildman–Crippen LogP) is 4.77. The maximum absolute atomic E-state index is 14.1. The summed E-state index contributed by atoms with van der Waals surface area (Å²) >= 11 is 0. The van der Waals surface area contributed by atoms with Gasteiger partial charge in [0.1, 0.15) is 12.0 Å². The Balaban J connectivity index is 1.27. The number of aryl methyl sites for hydroxylation is 1. The Kier molecular flexibility index (Phi) is 4.96. The molecule has 1 fully saturated rings. The Bertz CT molecular complexity index is 1470. The molecule has 0 spiro atoms. The SMILES string of the molecule is O=C1C2=C3C[C@@H](C=[N+]3C(=O)C(c3ccccc3)c3ccccc3)N2C(=O)N1C1CCCc2ccccc21. The Morgan fingerprint density at radius 3 is 2.19 bits per heavy atom. The lowest BCUT2D eigenvalue weighted by atomic mass is 9.87. The van der Waals surface area contributed by atoms with Crippen molar-refractivity contribution in [3.05, 3.63) is 119 Å². The van der Waals surface area contributed by atoms with E-state index < -0.39 is 5.92 Å². The second-order valence-electron chi connectivity index (χ2n) is 10.1. The largest absolute Gasteiger partial charge is 0.404 e. The number of amides is 4. The summed E-state index contributed by atoms with van der Waals surface area (Å²) in [6, 6.07) is 26.7. The molecule has 6 nitrogen and oxygen atoms in total. The minimum atomic E-state index is -0.506. The zero-order chi connectivity index (χ0) is 25.1. The van der Waals surface area contributed by atoms with E-state index in [4.69, 9.17) is 0 Å². The number of carbonyl (C=O) groups excluding carboxylic acids is 3. The van der Waals surface area contributed by atoms with Gasteiger partial charge < -0.3 is 0 Å². The summed E-state index contributed by atoms with van der Waals surface area (Å²) in [5.41, 5.74) is 5.05. The molecule has 0 saturated carbocycles. The first-order valence-electron chi connectivity index (χ1n) is 12.9. The minimum absolute atomic E-state index is 0.108. The Labute approximate surface area is 215 Å². The first-order valence-corrected chi connectivity index (χ1v) is 12.9. The molecule has 0 radical (unpaired) electrons. The zero-order valence-electron chi connectivity index (χ0n) is 20.3. The number of hydrogen-bond acceptors (Lipinski definition) is 3. The quantitative estimate of drug-likeness (QED) is 0.393. The van der Waals surface area contributed by atoms with E-state index in [1.807, 2.05) is 85.1 Å². The van der Waals surface area contributed by atoms with Gasteiger partial charge >= 0.3 is 11.9 Å². The molecule has 37 heavy (non-hydrogen) atoms. The molecule has 1 saturated heterocycles. The molecular formula is C31H26N3O3+. The van der Waals surface area contributed by atoms with Crippen LogP contribution in [-0.2, 0) is 16.0 Å². The lowest BCUT2D eigenvalue weighted by molar-refractivity contribution is -0.395. The molecular weight excluding hydrogens is 462 g/mol. The van der Waals surface area contributed by atoms with Gasteiger partial charge in [0.2, 0.25) is 5.70 Å². The molecule has 3 aliphatic heterocycles. The van der Waals surface area contributed by atoms with Crippen molar-refractivity contribution >= 4 is 24.1 Å². The summed E-state index contributed by atoms with van der Waals surface area (Å²) in [7, 11) is 0. The maximum atomic E-state index is 14.1. The third-order valence-electron chi connectivity index (χ3n) is 8.09. The molecule has 182 valence electrons. The second-order valence-corrected chi connectivity index (χ2v) is 10.1. The number of benzene rings is 3. The molecule has 4 aliphatic rings. The third kappa shape index (κ3) is 3.25. The molecule has 7 rings (SSSR count). The van der Waals surface area contributed by atoms with Gasteiger partial charge in [-0.3, -0.25) is 14.6 Å². The normalized spacial score (nSPS) is 22.0. The molecule has 0 N–H and O–H groups in total. The molecule has 3 aromatic carbocycles. The van der Waals surface area contributed by atoms with Gasteiger partial charge in [-0.15, -0.1) is 4.58 Å². The number of urea groups is 1. The molecule has 6 heteroatoms. The average Bonchev–Trinajstić information content (AvgIpc) is 3.61. The van der Waals surface area contributed by atoms with Crippen LogP contribution < -0.4 is 0 Å². The molecule has 1 unspecified atom stereocenters. The van der Waals surface area contributed by atoms with Crippen LogP contribution in [0.4, 0.5) is 4.79 Å². The monoisotopic (exact) mass is 488 g/mol. The lowest BCUT2D eigenvalue weighted by Gasteiger charge is -2.31. The lowest BCUT2D eigenvalue weighted by Crippen LogP contribution is -2.41. The van der Waals surface area contributed by atoms with E-state index in [0.717, 1.165) is 36.0 Å². The van der Waals surface area contributed by atoms with Crippen LogP contribution in [0.15, 0.2) is 96.3 Å². The summed E-state index contributed by atoms with van der Waals surface area (Å²) in [6.45, 7) is 0. The standard InChI is InChI=1S/C31H26N3O3/c35-29(27(21-11-3-1-4-12-21)22-13-5-2-6-14-22)32-19-23-18-26(32)28-30(36)34(31(37)33(23)28)25-17-9-15-20-10-7-8-16-24(20)25/h1-8,10-14,16,19,23,25,27H,9,15,17-18H2/q+1/t23-,25?/m0/s1. The van der Waals surface area contributed by atoms with Gasteiger partial charge in [-0.25, -0.2) is 9.59 Å². The summed E-state index contributed by atoms with van der Waals surface area (Å²) in [6.07, 6.45) is 4.96. The van der Waals surface area contributed by atoms with Crippen molar-refractivity contribution in [2.45, 2.75) is 43.7 Å². The maximum Gasteiger partial charge on any atom is 0.404 e. The van der Waals surface area contributed by atoms with Gasteiger partial charge in [0.05, 0.1) is 12.5 Å².